The Kier molecular flexibility index (Phi) is 7.38. The summed E-state index contributed by atoms with van der Waals surface area (Å²) in [4.78, 5) is 41.4. The van der Waals surface area contributed by atoms with E-state index in [0.29, 0.717) is 44.5 Å². The first-order valence-electron chi connectivity index (χ1n) is 10.9. The molecule has 32 heavy (non-hydrogen) atoms. The first-order chi connectivity index (χ1) is 15.1. The van der Waals surface area contributed by atoms with Gasteiger partial charge in [-0.15, -0.1) is 0 Å². The third-order valence-corrected chi connectivity index (χ3v) is 5.76. The molecule has 1 aromatic carbocycles. The number of likely N-dealkylation sites (tertiary alicyclic amines) is 2. The summed E-state index contributed by atoms with van der Waals surface area (Å²) in [5.74, 6) is -0.778. The lowest BCUT2D eigenvalue weighted by molar-refractivity contribution is -0.137. The Hall–Kier alpha value is -2.68. The van der Waals surface area contributed by atoms with Crippen LogP contribution in [-0.2, 0) is 14.3 Å². The lowest BCUT2D eigenvalue weighted by Gasteiger charge is -2.36. The van der Waals surface area contributed by atoms with Crippen LogP contribution in [0.5, 0.6) is 0 Å². The predicted octanol–water partition coefficient (Wildman–Crippen LogP) is 2.57. The van der Waals surface area contributed by atoms with Crippen molar-refractivity contribution in [3.8, 4) is 0 Å². The zero-order valence-electron chi connectivity index (χ0n) is 19.1. The molecule has 0 aromatic heterocycles. The van der Waals surface area contributed by atoms with Crippen molar-refractivity contribution in [2.45, 2.75) is 63.8 Å². The zero-order valence-corrected chi connectivity index (χ0v) is 19.1. The van der Waals surface area contributed by atoms with Crippen molar-refractivity contribution in [2.24, 2.45) is 0 Å². The molecule has 2 fully saturated rings. The molecule has 0 saturated carbocycles. The maximum absolute atomic E-state index is 13.2. The minimum absolute atomic E-state index is 0.0751. The first kappa shape index (κ1) is 24.0. The highest BCUT2D eigenvalue weighted by molar-refractivity contribution is 5.94. The molecular weight excluding hydrogens is 417 g/mol. The van der Waals surface area contributed by atoms with Gasteiger partial charge in [0.05, 0.1) is 12.6 Å². The molecule has 1 N–H and O–H groups in total. The Morgan fingerprint density at radius 1 is 1.09 bits per heavy atom. The van der Waals surface area contributed by atoms with Gasteiger partial charge in [-0.1, -0.05) is 0 Å². The molecule has 0 unspecified atom stereocenters. The van der Waals surface area contributed by atoms with Crippen LogP contribution in [0.15, 0.2) is 24.3 Å². The van der Waals surface area contributed by atoms with E-state index in [4.69, 9.17) is 9.47 Å². The number of benzene rings is 1. The van der Waals surface area contributed by atoms with Gasteiger partial charge in [0.25, 0.3) is 5.91 Å². The normalized spacial score (nSPS) is 22.0. The summed E-state index contributed by atoms with van der Waals surface area (Å²) >= 11 is 0. The fraction of sp³-hybridized carbons (Fsp3) is 0.609. The molecule has 2 heterocycles. The smallest absolute Gasteiger partial charge is 0.411 e. The van der Waals surface area contributed by atoms with Gasteiger partial charge in [0.15, 0.2) is 0 Å². The van der Waals surface area contributed by atoms with Crippen molar-refractivity contribution >= 4 is 17.9 Å². The van der Waals surface area contributed by atoms with E-state index in [1.54, 1.807) is 32.8 Å². The highest BCUT2D eigenvalue weighted by Crippen LogP contribution is 2.26. The minimum Gasteiger partial charge on any atom is -0.444 e. The third-order valence-electron chi connectivity index (χ3n) is 5.76. The number of hydrogen-bond acceptors (Lipinski definition) is 5. The van der Waals surface area contributed by atoms with Gasteiger partial charge in [-0.3, -0.25) is 14.5 Å². The van der Waals surface area contributed by atoms with Crippen LogP contribution in [0.2, 0.25) is 0 Å². The molecule has 3 amide bonds. The van der Waals surface area contributed by atoms with E-state index in [9.17, 15) is 18.8 Å². The number of carbonyl (C=O) groups excluding carboxylic acids is 3. The van der Waals surface area contributed by atoms with Gasteiger partial charge >= 0.3 is 6.09 Å². The standard InChI is InChI=1S/C23H32FN3O5/c1-23(2,3)32-22(30)27-14-18(31-4)13-19(27)21(29)26-11-9-17(10-12-26)25-20(28)15-5-7-16(24)8-6-15/h5-8,17-19H,9-14H2,1-4H3,(H,25,28)/t18-,19+/m0/s1. The lowest BCUT2D eigenvalue weighted by Crippen LogP contribution is -2.53. The molecule has 2 saturated heterocycles. The van der Waals surface area contributed by atoms with Gasteiger partial charge in [0.2, 0.25) is 5.91 Å². The topological polar surface area (TPSA) is 88.2 Å². The summed E-state index contributed by atoms with van der Waals surface area (Å²) in [7, 11) is 1.57. The predicted molar refractivity (Wildman–Crippen MR) is 116 cm³/mol. The summed E-state index contributed by atoms with van der Waals surface area (Å²) in [5.41, 5.74) is -0.258. The molecule has 0 radical (unpaired) electrons. The summed E-state index contributed by atoms with van der Waals surface area (Å²) in [5, 5.41) is 2.95. The fourth-order valence-corrected chi connectivity index (χ4v) is 4.05. The lowest BCUT2D eigenvalue weighted by atomic mass is 10.0. The Bertz CT molecular complexity index is 831. The number of hydrogen-bond donors (Lipinski definition) is 1. The van der Waals surface area contributed by atoms with Crippen LogP contribution in [0.1, 0.15) is 50.4 Å². The molecule has 176 valence electrons. The van der Waals surface area contributed by atoms with E-state index in [2.05, 4.69) is 5.32 Å². The average molecular weight is 450 g/mol. The Morgan fingerprint density at radius 2 is 1.72 bits per heavy atom. The Balaban J connectivity index is 1.56. The van der Waals surface area contributed by atoms with Gasteiger partial charge in [-0.05, 0) is 57.9 Å². The molecule has 2 atom stereocenters. The number of ether oxygens (including phenoxy) is 2. The van der Waals surface area contributed by atoms with Crippen LogP contribution in [0.3, 0.4) is 0 Å². The number of halogens is 1. The molecule has 3 rings (SSSR count). The number of rotatable bonds is 4. The number of nitrogens with one attached hydrogen (secondary N) is 1. The largest absolute Gasteiger partial charge is 0.444 e. The number of piperidine rings is 1. The number of methoxy groups -OCH3 is 1. The van der Waals surface area contributed by atoms with Gasteiger partial charge in [-0.25, -0.2) is 9.18 Å². The minimum atomic E-state index is -0.656. The first-order valence-corrected chi connectivity index (χ1v) is 10.9. The Labute approximate surface area is 188 Å². The van der Waals surface area contributed by atoms with E-state index in [-0.39, 0.29) is 24.0 Å². The maximum Gasteiger partial charge on any atom is 0.411 e. The molecule has 2 aliphatic rings. The maximum atomic E-state index is 13.2. The van der Waals surface area contributed by atoms with Gasteiger partial charge in [0.1, 0.15) is 17.5 Å². The zero-order chi connectivity index (χ0) is 23.5. The summed E-state index contributed by atoms with van der Waals surface area (Å²) in [6.07, 6.45) is 0.897. The highest BCUT2D eigenvalue weighted by atomic mass is 19.1. The van der Waals surface area contributed by atoms with E-state index in [0.717, 1.165) is 0 Å². The van der Waals surface area contributed by atoms with Crippen molar-refractivity contribution in [1.29, 1.82) is 0 Å². The molecule has 9 heteroatoms. The molecule has 1 aromatic rings. The van der Waals surface area contributed by atoms with Gasteiger partial charge in [-0.2, -0.15) is 0 Å². The van der Waals surface area contributed by atoms with E-state index in [1.165, 1.54) is 29.2 Å². The number of nitrogens with zero attached hydrogens (tertiary/aromatic N) is 2. The fourth-order valence-electron chi connectivity index (χ4n) is 4.05. The van der Waals surface area contributed by atoms with Crippen LogP contribution in [0, 0.1) is 5.82 Å². The van der Waals surface area contributed by atoms with Crippen LogP contribution < -0.4 is 5.32 Å². The quantitative estimate of drug-likeness (QED) is 0.763. The second kappa shape index (κ2) is 9.85. The SMILES string of the molecule is CO[C@H]1C[C@H](C(=O)N2CCC(NC(=O)c3ccc(F)cc3)CC2)N(C(=O)OC(C)(C)C)C1. The van der Waals surface area contributed by atoms with Crippen molar-refractivity contribution in [3.05, 3.63) is 35.6 Å². The van der Waals surface area contributed by atoms with Crippen molar-refractivity contribution < 1.29 is 28.2 Å². The number of amides is 3. The van der Waals surface area contributed by atoms with E-state index >= 15 is 0 Å². The number of carbonyl (C=O) groups is 3. The van der Waals surface area contributed by atoms with Crippen molar-refractivity contribution in [1.82, 2.24) is 15.1 Å². The summed E-state index contributed by atoms with van der Waals surface area (Å²) < 4.78 is 23.9. The van der Waals surface area contributed by atoms with Crippen LogP contribution in [-0.4, -0.2) is 78.2 Å². The third kappa shape index (κ3) is 5.97. The molecule has 0 bridgehead atoms. The molecule has 2 aliphatic heterocycles. The molecule has 0 aliphatic carbocycles. The van der Waals surface area contributed by atoms with Gasteiger partial charge in [0, 0.05) is 38.2 Å². The second-order valence-corrected chi connectivity index (χ2v) is 9.32. The van der Waals surface area contributed by atoms with Crippen LogP contribution in [0.4, 0.5) is 9.18 Å². The van der Waals surface area contributed by atoms with Crippen molar-refractivity contribution in [3.63, 3.8) is 0 Å². The monoisotopic (exact) mass is 449 g/mol. The van der Waals surface area contributed by atoms with E-state index in [1.807, 2.05) is 0 Å². The molecule has 0 spiro atoms. The highest BCUT2D eigenvalue weighted by Gasteiger charge is 2.43. The summed E-state index contributed by atoms with van der Waals surface area (Å²) in [6, 6.07) is 4.69. The van der Waals surface area contributed by atoms with Crippen molar-refractivity contribution in [2.75, 3.05) is 26.7 Å². The molecular formula is C23H32FN3O5. The van der Waals surface area contributed by atoms with E-state index < -0.39 is 23.6 Å². The van der Waals surface area contributed by atoms with Gasteiger partial charge < -0.3 is 19.7 Å². The Morgan fingerprint density at radius 3 is 2.28 bits per heavy atom. The second-order valence-electron chi connectivity index (χ2n) is 9.32. The van der Waals surface area contributed by atoms with Crippen LogP contribution >= 0.6 is 0 Å². The molecule has 8 nitrogen and oxygen atoms in total. The van der Waals surface area contributed by atoms with Crippen LogP contribution in [0.25, 0.3) is 0 Å². The average Bonchev–Trinajstić information content (AvgIpc) is 3.18. The summed E-state index contributed by atoms with van der Waals surface area (Å²) in [6.45, 7) is 6.63.